The van der Waals surface area contributed by atoms with E-state index in [0.717, 1.165) is 16.7 Å². The summed E-state index contributed by atoms with van der Waals surface area (Å²) < 4.78 is 0. The van der Waals surface area contributed by atoms with E-state index >= 15 is 0 Å². The van der Waals surface area contributed by atoms with E-state index in [-0.39, 0.29) is 16.2 Å². The van der Waals surface area contributed by atoms with E-state index in [1.807, 2.05) is 66.7 Å². The third kappa shape index (κ3) is 3.31. The van der Waals surface area contributed by atoms with Crippen LogP contribution >= 0.6 is 0 Å². The minimum absolute atomic E-state index is 0.0934. The lowest BCUT2D eigenvalue weighted by Gasteiger charge is -2.37. The van der Waals surface area contributed by atoms with Gasteiger partial charge in [-0.15, -0.1) is 0 Å². The summed E-state index contributed by atoms with van der Waals surface area (Å²) in [6.45, 7) is 7.36. The van der Waals surface area contributed by atoms with Crippen molar-refractivity contribution >= 4 is 6.08 Å². The van der Waals surface area contributed by atoms with Crippen molar-refractivity contribution in [1.29, 1.82) is 0 Å². The number of aliphatic hydroxyl groups is 2. The van der Waals surface area contributed by atoms with Crippen LogP contribution in [0.2, 0.25) is 0 Å². The molecule has 0 aromatic heterocycles. The summed E-state index contributed by atoms with van der Waals surface area (Å²) in [6, 6.07) is 44.2. The molecule has 5 aromatic carbocycles. The van der Waals surface area contributed by atoms with E-state index in [1.54, 1.807) is 0 Å². The Morgan fingerprint density at radius 2 is 0.884 bits per heavy atom. The average Bonchev–Trinajstić information content (AvgIpc) is 3.51. The Labute approximate surface area is 254 Å². The lowest BCUT2D eigenvalue weighted by molar-refractivity contribution is 0.147. The van der Waals surface area contributed by atoms with Crippen LogP contribution in [0, 0.1) is 5.92 Å². The van der Waals surface area contributed by atoms with Crippen LogP contribution < -0.4 is 0 Å². The van der Waals surface area contributed by atoms with Crippen LogP contribution in [0.15, 0.2) is 133 Å². The van der Waals surface area contributed by atoms with E-state index in [4.69, 9.17) is 0 Å². The van der Waals surface area contributed by atoms with E-state index < -0.39 is 12.2 Å². The molecule has 43 heavy (non-hydrogen) atoms. The van der Waals surface area contributed by atoms with Gasteiger partial charge in [0.2, 0.25) is 0 Å². The van der Waals surface area contributed by atoms with Crippen molar-refractivity contribution in [3.63, 3.8) is 0 Å². The zero-order valence-corrected chi connectivity index (χ0v) is 24.8. The molecule has 2 N–H and O–H groups in total. The fourth-order valence-corrected chi connectivity index (χ4v) is 9.57. The highest BCUT2D eigenvalue weighted by Crippen LogP contribution is 2.75. The summed E-state index contributed by atoms with van der Waals surface area (Å²) in [5, 5.41) is 23.3. The van der Waals surface area contributed by atoms with Gasteiger partial charge in [-0.3, -0.25) is 0 Å². The number of hydrogen-bond donors (Lipinski definition) is 2. The van der Waals surface area contributed by atoms with Crippen molar-refractivity contribution in [2.45, 2.75) is 49.2 Å². The fourth-order valence-electron chi connectivity index (χ4n) is 9.57. The normalized spacial score (nSPS) is 27.0. The molecule has 2 heteroatoms. The van der Waals surface area contributed by atoms with Crippen LogP contribution in [0.25, 0.3) is 6.08 Å². The molecule has 212 valence electrons. The van der Waals surface area contributed by atoms with Crippen molar-refractivity contribution in [3.05, 3.63) is 183 Å². The maximum absolute atomic E-state index is 11.6. The van der Waals surface area contributed by atoms with Crippen molar-refractivity contribution in [2.75, 3.05) is 0 Å². The number of rotatable bonds is 5. The lowest BCUT2D eigenvalue weighted by Crippen LogP contribution is -2.39. The van der Waals surface area contributed by atoms with Gasteiger partial charge in [-0.2, -0.15) is 0 Å². The molecule has 0 aliphatic heterocycles. The molecule has 8 rings (SSSR count). The molecule has 6 atom stereocenters. The van der Waals surface area contributed by atoms with Gasteiger partial charge in [0.15, 0.2) is 0 Å². The topological polar surface area (TPSA) is 40.5 Å². The van der Waals surface area contributed by atoms with Crippen molar-refractivity contribution < 1.29 is 10.2 Å². The summed E-state index contributed by atoms with van der Waals surface area (Å²) in [7, 11) is 0. The molecular formula is C41H36O2. The van der Waals surface area contributed by atoms with E-state index in [9.17, 15) is 10.2 Å². The molecule has 0 spiro atoms. The lowest BCUT2D eigenvalue weighted by atomic mass is 9.64. The van der Waals surface area contributed by atoms with Gasteiger partial charge >= 0.3 is 0 Å². The Balaban J connectivity index is 1.35. The highest BCUT2D eigenvalue weighted by Gasteiger charge is 2.72. The Kier molecular flexibility index (Phi) is 5.60. The maximum atomic E-state index is 11.6. The maximum Gasteiger partial charge on any atom is 0.103 e. The first kappa shape index (κ1) is 26.4. The fraction of sp³-hybridized carbons (Fsp3) is 0.220. The van der Waals surface area contributed by atoms with Crippen LogP contribution in [-0.2, 0) is 16.2 Å². The van der Waals surface area contributed by atoms with Gasteiger partial charge in [0, 0.05) is 16.2 Å². The van der Waals surface area contributed by atoms with Gasteiger partial charge in [0.05, 0.1) is 0 Å². The smallest absolute Gasteiger partial charge is 0.103 e. The second kappa shape index (κ2) is 9.13. The third-order valence-electron chi connectivity index (χ3n) is 11.2. The molecule has 3 aliphatic rings. The predicted octanol–water partition coefficient (Wildman–Crippen LogP) is 8.41. The van der Waals surface area contributed by atoms with E-state index in [0.29, 0.717) is 11.5 Å². The van der Waals surface area contributed by atoms with Crippen molar-refractivity contribution in [1.82, 2.24) is 0 Å². The summed E-state index contributed by atoms with van der Waals surface area (Å²) in [4.78, 5) is 0. The number of aliphatic hydroxyl groups excluding tert-OH is 2. The van der Waals surface area contributed by atoms with Gasteiger partial charge in [-0.25, -0.2) is 0 Å². The second-order valence-electron chi connectivity index (χ2n) is 13.2. The Morgan fingerprint density at radius 1 is 0.512 bits per heavy atom. The summed E-state index contributed by atoms with van der Waals surface area (Å²) >= 11 is 0. The quantitative estimate of drug-likeness (QED) is 0.227. The summed E-state index contributed by atoms with van der Waals surface area (Å²) in [6.07, 6.45) is 0.114. The van der Waals surface area contributed by atoms with E-state index in [2.05, 4.69) is 87.5 Å². The summed E-state index contributed by atoms with van der Waals surface area (Å²) in [5.74, 6) is 0.348. The van der Waals surface area contributed by atoms with Gasteiger partial charge in [0.1, 0.15) is 12.2 Å². The monoisotopic (exact) mass is 560 g/mol. The molecular weight excluding hydrogens is 524 g/mol. The van der Waals surface area contributed by atoms with Crippen LogP contribution in [0.4, 0.5) is 0 Å². The first-order valence-electron chi connectivity index (χ1n) is 15.3. The first-order chi connectivity index (χ1) is 20.8. The van der Waals surface area contributed by atoms with Gasteiger partial charge < -0.3 is 10.2 Å². The highest BCUT2D eigenvalue weighted by molar-refractivity contribution is 5.75. The molecule has 0 amide bonds. The molecule has 0 saturated heterocycles. The largest absolute Gasteiger partial charge is 0.384 e. The van der Waals surface area contributed by atoms with Crippen LogP contribution in [0.1, 0.15) is 83.1 Å². The van der Waals surface area contributed by atoms with E-state index in [1.165, 1.54) is 33.4 Å². The van der Waals surface area contributed by atoms with Gasteiger partial charge in [0.25, 0.3) is 0 Å². The molecule has 0 saturated carbocycles. The van der Waals surface area contributed by atoms with Gasteiger partial charge in [-0.05, 0) is 67.6 Å². The molecule has 5 aromatic rings. The van der Waals surface area contributed by atoms with Crippen molar-refractivity contribution in [3.8, 4) is 0 Å². The standard InChI is InChI=1S/C41H36O2/c1-39-30-18-10-11-19-31(30)40(2)34-23-22-26(25-35(34)41(3,38(39)40)33-21-13-12-20-32(33)39)24-29(36(42)27-14-6-4-7-15-27)37(43)28-16-8-5-9-17-28/h4-25,36-38,42-43H,1-3H3. The van der Waals surface area contributed by atoms with Crippen LogP contribution in [-0.4, -0.2) is 10.2 Å². The molecule has 6 unspecified atom stereocenters. The SMILES string of the molecule is CC12c3ccccc3C3(C)c4ccc(C=C(C(O)c5ccccc5)C(O)c5ccccc5)cc4C(C)(c4ccccc41)C23. The molecule has 3 aliphatic carbocycles. The van der Waals surface area contributed by atoms with Gasteiger partial charge in [-0.1, -0.05) is 148 Å². The molecule has 0 fully saturated rings. The van der Waals surface area contributed by atoms with Crippen LogP contribution in [0.3, 0.4) is 0 Å². The number of fused-ring (bicyclic) bond motifs is 9. The predicted molar refractivity (Wildman–Crippen MR) is 173 cm³/mol. The Hall–Kier alpha value is -4.24. The first-order valence-corrected chi connectivity index (χ1v) is 15.3. The van der Waals surface area contributed by atoms with Crippen LogP contribution in [0.5, 0.6) is 0 Å². The van der Waals surface area contributed by atoms with Crippen molar-refractivity contribution in [2.24, 2.45) is 5.92 Å². The second-order valence-corrected chi connectivity index (χ2v) is 13.2. The zero-order chi connectivity index (χ0) is 29.6. The zero-order valence-electron chi connectivity index (χ0n) is 24.8. The molecule has 2 nitrogen and oxygen atoms in total. The Bertz CT molecular complexity index is 1850. The number of hydrogen-bond acceptors (Lipinski definition) is 2. The Morgan fingerprint density at radius 3 is 1.33 bits per heavy atom. The average molecular weight is 561 g/mol. The molecule has 0 radical (unpaired) electrons. The molecule has 0 heterocycles. The third-order valence-corrected chi connectivity index (χ3v) is 11.2. The minimum atomic E-state index is -0.945. The highest BCUT2D eigenvalue weighted by atomic mass is 16.3. The summed E-state index contributed by atoms with van der Waals surface area (Å²) in [5.41, 5.74) is 11.1. The number of benzene rings is 5. The molecule has 0 bridgehead atoms. The minimum Gasteiger partial charge on any atom is -0.384 e.